The van der Waals surface area contributed by atoms with Crippen LogP contribution in [-0.2, 0) is 6.42 Å². The third kappa shape index (κ3) is 1.84. The molecule has 0 aliphatic rings. The highest BCUT2D eigenvalue weighted by molar-refractivity contribution is 9.10. The standard InChI is InChI=1S/C13H8BrN3S/c14-10-3-1-9(2-4-10)12-11(5-6-15)17-7-8-18-13(17)16-12/h1-4,7-8H,5H2. The average molecular weight is 318 g/mol. The van der Waals surface area contributed by atoms with Gasteiger partial charge in [-0.1, -0.05) is 28.1 Å². The number of nitriles is 1. The summed E-state index contributed by atoms with van der Waals surface area (Å²) in [6.45, 7) is 0. The molecule has 0 N–H and O–H groups in total. The Morgan fingerprint density at radius 2 is 2.11 bits per heavy atom. The molecule has 3 rings (SSSR count). The first kappa shape index (κ1) is 11.5. The van der Waals surface area contributed by atoms with Crippen LogP contribution in [0.3, 0.4) is 0 Å². The molecule has 3 aromatic rings. The Morgan fingerprint density at radius 1 is 1.33 bits per heavy atom. The number of imidazole rings is 1. The molecular formula is C13H8BrN3S. The number of halogens is 1. The molecule has 0 aliphatic heterocycles. The molecule has 0 atom stereocenters. The summed E-state index contributed by atoms with van der Waals surface area (Å²) in [5, 5.41) is 10.9. The SMILES string of the molecule is N#CCc1c(-c2ccc(Br)cc2)nc2sccn12. The van der Waals surface area contributed by atoms with Gasteiger partial charge in [-0.2, -0.15) is 5.26 Å². The molecule has 0 fully saturated rings. The summed E-state index contributed by atoms with van der Waals surface area (Å²) in [5.41, 5.74) is 2.89. The van der Waals surface area contributed by atoms with E-state index in [0.29, 0.717) is 6.42 Å². The van der Waals surface area contributed by atoms with Gasteiger partial charge in [0, 0.05) is 21.6 Å². The van der Waals surface area contributed by atoms with Crippen molar-refractivity contribution in [3.05, 3.63) is 46.0 Å². The highest BCUT2D eigenvalue weighted by Crippen LogP contribution is 2.27. The molecule has 18 heavy (non-hydrogen) atoms. The van der Waals surface area contributed by atoms with Crippen LogP contribution < -0.4 is 0 Å². The van der Waals surface area contributed by atoms with Crippen molar-refractivity contribution in [2.24, 2.45) is 0 Å². The second-order valence-corrected chi connectivity index (χ2v) is 5.59. The minimum absolute atomic E-state index is 0.364. The van der Waals surface area contributed by atoms with Crippen LogP contribution in [0.4, 0.5) is 0 Å². The summed E-state index contributed by atoms with van der Waals surface area (Å²) in [5.74, 6) is 0. The van der Waals surface area contributed by atoms with E-state index in [-0.39, 0.29) is 0 Å². The van der Waals surface area contributed by atoms with Gasteiger partial charge in [0.25, 0.3) is 0 Å². The largest absolute Gasteiger partial charge is 0.293 e. The summed E-state index contributed by atoms with van der Waals surface area (Å²) in [6.07, 6.45) is 2.32. The van der Waals surface area contributed by atoms with Crippen molar-refractivity contribution in [2.75, 3.05) is 0 Å². The van der Waals surface area contributed by atoms with Crippen LogP contribution in [0.2, 0.25) is 0 Å². The first-order valence-electron chi connectivity index (χ1n) is 5.37. The van der Waals surface area contributed by atoms with Crippen molar-refractivity contribution in [1.82, 2.24) is 9.38 Å². The van der Waals surface area contributed by atoms with Gasteiger partial charge in [0.15, 0.2) is 4.96 Å². The van der Waals surface area contributed by atoms with Crippen molar-refractivity contribution in [3.8, 4) is 17.3 Å². The van der Waals surface area contributed by atoms with Crippen LogP contribution in [-0.4, -0.2) is 9.38 Å². The van der Waals surface area contributed by atoms with Crippen LogP contribution in [0, 0.1) is 11.3 Å². The third-order valence-corrected chi connectivity index (χ3v) is 4.01. The van der Waals surface area contributed by atoms with Crippen LogP contribution in [0.15, 0.2) is 40.3 Å². The molecule has 0 aliphatic carbocycles. The zero-order chi connectivity index (χ0) is 12.5. The van der Waals surface area contributed by atoms with Crippen LogP contribution in [0.25, 0.3) is 16.2 Å². The predicted molar refractivity (Wildman–Crippen MR) is 75.5 cm³/mol. The van der Waals surface area contributed by atoms with Crippen LogP contribution in [0.5, 0.6) is 0 Å². The molecule has 5 heteroatoms. The van der Waals surface area contributed by atoms with E-state index in [2.05, 4.69) is 27.0 Å². The molecule has 1 aromatic carbocycles. The van der Waals surface area contributed by atoms with Crippen molar-refractivity contribution in [2.45, 2.75) is 6.42 Å². The molecule has 0 amide bonds. The normalized spacial score (nSPS) is 10.7. The monoisotopic (exact) mass is 317 g/mol. The summed E-state index contributed by atoms with van der Waals surface area (Å²) in [6, 6.07) is 10.2. The van der Waals surface area contributed by atoms with Crippen LogP contribution >= 0.6 is 27.3 Å². The molecule has 0 radical (unpaired) electrons. The highest BCUT2D eigenvalue weighted by Gasteiger charge is 2.14. The van der Waals surface area contributed by atoms with Gasteiger partial charge in [-0.3, -0.25) is 4.40 Å². The predicted octanol–water partition coefficient (Wildman–Crippen LogP) is 3.89. The molecule has 0 saturated carbocycles. The molecule has 2 heterocycles. The average Bonchev–Trinajstić information content (AvgIpc) is 2.93. The van der Waals surface area contributed by atoms with Gasteiger partial charge < -0.3 is 0 Å². The lowest BCUT2D eigenvalue weighted by Crippen LogP contribution is -1.91. The number of benzene rings is 1. The summed E-state index contributed by atoms with van der Waals surface area (Å²) in [7, 11) is 0. The molecule has 0 bridgehead atoms. The quantitative estimate of drug-likeness (QED) is 0.719. The van der Waals surface area contributed by atoms with Crippen molar-refractivity contribution in [1.29, 1.82) is 5.26 Å². The molecule has 2 aromatic heterocycles. The Labute approximate surface area is 116 Å². The molecule has 0 spiro atoms. The lowest BCUT2D eigenvalue weighted by molar-refractivity contribution is 1.07. The molecular weight excluding hydrogens is 310 g/mol. The molecule has 88 valence electrons. The number of thiazole rings is 1. The molecule has 3 nitrogen and oxygen atoms in total. The van der Waals surface area contributed by atoms with Gasteiger partial charge in [-0.05, 0) is 12.1 Å². The van der Waals surface area contributed by atoms with E-state index < -0.39 is 0 Å². The van der Waals surface area contributed by atoms with Gasteiger partial charge in [0.05, 0.1) is 23.9 Å². The maximum absolute atomic E-state index is 8.96. The lowest BCUT2D eigenvalue weighted by Gasteiger charge is -2.00. The Balaban J connectivity index is 2.21. The first-order valence-corrected chi connectivity index (χ1v) is 7.04. The van der Waals surface area contributed by atoms with E-state index in [0.717, 1.165) is 26.4 Å². The van der Waals surface area contributed by atoms with Crippen molar-refractivity contribution in [3.63, 3.8) is 0 Å². The number of fused-ring (bicyclic) bond motifs is 1. The lowest BCUT2D eigenvalue weighted by atomic mass is 10.1. The van der Waals surface area contributed by atoms with Crippen molar-refractivity contribution >= 4 is 32.2 Å². The number of rotatable bonds is 2. The second kappa shape index (κ2) is 4.56. The molecule has 0 saturated heterocycles. The molecule has 0 unspecified atom stereocenters. The Kier molecular flexibility index (Phi) is 2.90. The maximum Gasteiger partial charge on any atom is 0.194 e. The fourth-order valence-corrected chi connectivity index (χ4v) is 2.91. The summed E-state index contributed by atoms with van der Waals surface area (Å²) < 4.78 is 3.03. The van der Waals surface area contributed by atoms with E-state index in [1.54, 1.807) is 11.3 Å². The van der Waals surface area contributed by atoms with Gasteiger partial charge in [-0.25, -0.2) is 4.98 Å². The summed E-state index contributed by atoms with van der Waals surface area (Å²) in [4.78, 5) is 5.54. The first-order chi connectivity index (χ1) is 8.79. The highest BCUT2D eigenvalue weighted by atomic mass is 79.9. The fourth-order valence-electron chi connectivity index (χ4n) is 1.92. The Hall–Kier alpha value is -1.64. The van der Waals surface area contributed by atoms with E-state index >= 15 is 0 Å². The number of hydrogen-bond donors (Lipinski definition) is 0. The fraction of sp³-hybridized carbons (Fsp3) is 0.0769. The topological polar surface area (TPSA) is 41.1 Å². The van der Waals surface area contributed by atoms with Gasteiger partial charge >= 0.3 is 0 Å². The summed E-state index contributed by atoms with van der Waals surface area (Å²) >= 11 is 5.00. The Bertz CT molecular complexity index is 734. The zero-order valence-electron chi connectivity index (χ0n) is 9.30. The van der Waals surface area contributed by atoms with E-state index in [9.17, 15) is 0 Å². The van der Waals surface area contributed by atoms with Gasteiger partial charge in [0.2, 0.25) is 0 Å². The second-order valence-electron chi connectivity index (χ2n) is 3.80. The van der Waals surface area contributed by atoms with E-state index in [1.807, 2.05) is 40.2 Å². The van der Waals surface area contributed by atoms with E-state index in [4.69, 9.17) is 5.26 Å². The van der Waals surface area contributed by atoms with E-state index in [1.165, 1.54) is 0 Å². The van der Waals surface area contributed by atoms with Crippen LogP contribution in [0.1, 0.15) is 5.69 Å². The maximum atomic E-state index is 8.96. The van der Waals surface area contributed by atoms with Gasteiger partial charge in [-0.15, -0.1) is 11.3 Å². The smallest absolute Gasteiger partial charge is 0.194 e. The minimum Gasteiger partial charge on any atom is -0.293 e. The third-order valence-electron chi connectivity index (χ3n) is 2.73. The minimum atomic E-state index is 0.364. The number of nitrogens with zero attached hydrogens (tertiary/aromatic N) is 3. The Morgan fingerprint density at radius 3 is 2.83 bits per heavy atom. The number of hydrogen-bond acceptors (Lipinski definition) is 3. The van der Waals surface area contributed by atoms with Gasteiger partial charge in [0.1, 0.15) is 0 Å². The van der Waals surface area contributed by atoms with Crippen molar-refractivity contribution < 1.29 is 0 Å². The number of aromatic nitrogens is 2. The zero-order valence-corrected chi connectivity index (χ0v) is 11.7.